The zero-order chi connectivity index (χ0) is 17.5. The molecule has 0 aliphatic carbocycles. The third kappa shape index (κ3) is 5.19. The van der Waals surface area contributed by atoms with Crippen molar-refractivity contribution in [2.75, 3.05) is 18.4 Å². The molecule has 0 bridgehead atoms. The van der Waals surface area contributed by atoms with Crippen LogP contribution in [0.15, 0.2) is 18.3 Å². The Morgan fingerprint density at radius 3 is 2.96 bits per heavy atom. The van der Waals surface area contributed by atoms with Gasteiger partial charge in [0, 0.05) is 19.2 Å². The minimum absolute atomic E-state index is 0.0521. The molecule has 1 atom stereocenters. The van der Waals surface area contributed by atoms with E-state index in [2.05, 4.69) is 10.3 Å². The van der Waals surface area contributed by atoms with E-state index in [1.807, 2.05) is 0 Å². The molecule has 0 aromatic carbocycles. The standard InChI is InChI=1S/C16H20ClN3O4/c1-11(16(23)19-12-6-5-8-18-15(12)17)24-14(22)10-20-9-4-2-3-7-13(20)21/h5-6,8,11H,2-4,7,9-10H2,1H3,(H,19,23)/t11-/m1/s1. The highest BCUT2D eigenvalue weighted by Crippen LogP contribution is 2.18. The van der Waals surface area contributed by atoms with E-state index in [-0.39, 0.29) is 17.6 Å². The molecule has 0 unspecified atom stereocenters. The van der Waals surface area contributed by atoms with Gasteiger partial charge in [-0.05, 0) is 31.9 Å². The number of halogens is 1. The SMILES string of the molecule is C[C@@H](OC(=O)CN1CCCCCC1=O)C(=O)Nc1cccnc1Cl. The number of hydrogen-bond acceptors (Lipinski definition) is 5. The monoisotopic (exact) mass is 353 g/mol. The maximum atomic E-state index is 12.1. The second kappa shape index (κ2) is 8.63. The summed E-state index contributed by atoms with van der Waals surface area (Å²) in [7, 11) is 0. The van der Waals surface area contributed by atoms with E-state index in [4.69, 9.17) is 16.3 Å². The van der Waals surface area contributed by atoms with Crippen LogP contribution in [0.4, 0.5) is 5.69 Å². The van der Waals surface area contributed by atoms with Crippen molar-refractivity contribution in [3.8, 4) is 0 Å². The van der Waals surface area contributed by atoms with Gasteiger partial charge >= 0.3 is 5.97 Å². The molecule has 2 rings (SSSR count). The van der Waals surface area contributed by atoms with Crippen LogP contribution in [-0.4, -0.2) is 46.9 Å². The van der Waals surface area contributed by atoms with Gasteiger partial charge < -0.3 is 15.0 Å². The molecule has 8 heteroatoms. The number of amides is 2. The van der Waals surface area contributed by atoms with Gasteiger partial charge in [0.05, 0.1) is 5.69 Å². The Morgan fingerprint density at radius 2 is 2.21 bits per heavy atom. The number of ether oxygens (including phenoxy) is 1. The lowest BCUT2D eigenvalue weighted by Crippen LogP contribution is -2.38. The van der Waals surface area contributed by atoms with Crippen LogP contribution in [0.1, 0.15) is 32.6 Å². The molecule has 1 aromatic rings. The normalized spacial score (nSPS) is 16.2. The van der Waals surface area contributed by atoms with E-state index in [1.165, 1.54) is 18.0 Å². The number of anilines is 1. The molecule has 7 nitrogen and oxygen atoms in total. The van der Waals surface area contributed by atoms with Gasteiger partial charge in [0.2, 0.25) is 5.91 Å². The first kappa shape index (κ1) is 18.2. The molecule has 0 radical (unpaired) electrons. The van der Waals surface area contributed by atoms with Gasteiger partial charge in [-0.3, -0.25) is 14.4 Å². The first-order chi connectivity index (χ1) is 11.5. The van der Waals surface area contributed by atoms with Crippen LogP contribution in [0, 0.1) is 0 Å². The molecular formula is C16H20ClN3O4. The van der Waals surface area contributed by atoms with Gasteiger partial charge in [-0.1, -0.05) is 18.0 Å². The Balaban J connectivity index is 1.85. The first-order valence-electron chi connectivity index (χ1n) is 7.86. The van der Waals surface area contributed by atoms with Gasteiger partial charge in [-0.25, -0.2) is 4.98 Å². The maximum Gasteiger partial charge on any atom is 0.326 e. The summed E-state index contributed by atoms with van der Waals surface area (Å²) in [6.07, 6.45) is 3.63. The number of hydrogen-bond donors (Lipinski definition) is 1. The lowest BCUT2D eigenvalue weighted by atomic mass is 10.2. The highest BCUT2D eigenvalue weighted by atomic mass is 35.5. The molecule has 1 N–H and O–H groups in total. The second-order valence-corrected chi connectivity index (χ2v) is 5.95. The van der Waals surface area contributed by atoms with E-state index in [0.717, 1.165) is 19.3 Å². The predicted octanol–water partition coefficient (Wildman–Crippen LogP) is 2.01. The quantitative estimate of drug-likeness (QED) is 0.646. The average molecular weight is 354 g/mol. The zero-order valence-corrected chi connectivity index (χ0v) is 14.2. The van der Waals surface area contributed by atoms with Crippen LogP contribution in [0.2, 0.25) is 5.15 Å². The van der Waals surface area contributed by atoms with Crippen LogP contribution < -0.4 is 5.32 Å². The van der Waals surface area contributed by atoms with E-state index >= 15 is 0 Å². The molecular weight excluding hydrogens is 334 g/mol. The Kier molecular flexibility index (Phi) is 6.54. The molecule has 1 saturated heterocycles. The third-order valence-corrected chi connectivity index (χ3v) is 3.99. The molecule has 2 amide bonds. The fourth-order valence-corrected chi connectivity index (χ4v) is 2.53. The van der Waals surface area contributed by atoms with Crippen LogP contribution >= 0.6 is 11.6 Å². The molecule has 1 aromatic heterocycles. The number of rotatable bonds is 5. The van der Waals surface area contributed by atoms with Gasteiger partial charge in [-0.15, -0.1) is 0 Å². The number of aromatic nitrogens is 1. The Hall–Kier alpha value is -2.15. The average Bonchev–Trinajstić information content (AvgIpc) is 2.74. The lowest BCUT2D eigenvalue weighted by Gasteiger charge is -2.20. The second-order valence-electron chi connectivity index (χ2n) is 5.59. The van der Waals surface area contributed by atoms with E-state index < -0.39 is 18.0 Å². The number of carbonyl (C=O) groups is 3. The smallest absolute Gasteiger partial charge is 0.326 e. The number of likely N-dealkylation sites (tertiary alicyclic amines) is 1. The Labute approximate surface area is 145 Å². The molecule has 0 spiro atoms. The molecule has 130 valence electrons. The molecule has 24 heavy (non-hydrogen) atoms. The zero-order valence-electron chi connectivity index (χ0n) is 13.5. The lowest BCUT2D eigenvalue weighted by molar-refractivity contribution is -0.156. The fraction of sp³-hybridized carbons (Fsp3) is 0.500. The highest BCUT2D eigenvalue weighted by Gasteiger charge is 2.23. The number of pyridine rings is 1. The van der Waals surface area contributed by atoms with Crippen LogP contribution in [0.5, 0.6) is 0 Å². The van der Waals surface area contributed by atoms with E-state index in [1.54, 1.807) is 12.1 Å². The van der Waals surface area contributed by atoms with Crippen LogP contribution in [-0.2, 0) is 19.1 Å². The van der Waals surface area contributed by atoms with E-state index in [9.17, 15) is 14.4 Å². The number of esters is 1. The fourth-order valence-electron chi connectivity index (χ4n) is 2.36. The minimum atomic E-state index is -1.00. The maximum absolute atomic E-state index is 12.1. The summed E-state index contributed by atoms with van der Waals surface area (Å²) in [5, 5.41) is 2.70. The van der Waals surface area contributed by atoms with Crippen LogP contribution in [0.25, 0.3) is 0 Å². The van der Waals surface area contributed by atoms with Crippen LogP contribution in [0.3, 0.4) is 0 Å². The van der Waals surface area contributed by atoms with Gasteiger partial charge in [-0.2, -0.15) is 0 Å². The molecule has 1 aliphatic rings. The number of nitrogens with one attached hydrogen (secondary N) is 1. The van der Waals surface area contributed by atoms with Crippen molar-refractivity contribution in [2.45, 2.75) is 38.7 Å². The number of carbonyl (C=O) groups excluding carboxylic acids is 3. The summed E-state index contributed by atoms with van der Waals surface area (Å²) in [5.41, 5.74) is 0.342. The van der Waals surface area contributed by atoms with Crippen molar-refractivity contribution >= 4 is 35.1 Å². The summed E-state index contributed by atoms with van der Waals surface area (Å²) in [6.45, 7) is 1.87. The van der Waals surface area contributed by atoms with Gasteiger partial charge in [0.15, 0.2) is 11.3 Å². The summed E-state index contributed by atoms with van der Waals surface area (Å²) in [4.78, 5) is 41.2. The van der Waals surface area contributed by atoms with E-state index in [0.29, 0.717) is 18.7 Å². The van der Waals surface area contributed by atoms with Crippen molar-refractivity contribution in [3.05, 3.63) is 23.5 Å². The van der Waals surface area contributed by atoms with Crippen molar-refractivity contribution in [2.24, 2.45) is 0 Å². The highest BCUT2D eigenvalue weighted by molar-refractivity contribution is 6.32. The van der Waals surface area contributed by atoms with Crippen molar-refractivity contribution < 1.29 is 19.1 Å². The summed E-state index contributed by atoms with van der Waals surface area (Å²) in [6, 6.07) is 3.22. The molecule has 1 fully saturated rings. The Morgan fingerprint density at radius 1 is 1.42 bits per heavy atom. The Bertz CT molecular complexity index is 623. The summed E-state index contributed by atoms with van der Waals surface area (Å²) in [5.74, 6) is -1.17. The summed E-state index contributed by atoms with van der Waals surface area (Å²) < 4.78 is 5.11. The van der Waals surface area contributed by atoms with Gasteiger partial charge in [0.1, 0.15) is 6.54 Å². The predicted molar refractivity (Wildman–Crippen MR) is 88.5 cm³/mol. The first-order valence-corrected chi connectivity index (χ1v) is 8.24. The molecule has 1 aliphatic heterocycles. The van der Waals surface area contributed by atoms with Crippen molar-refractivity contribution in [1.82, 2.24) is 9.88 Å². The summed E-state index contributed by atoms with van der Waals surface area (Å²) >= 11 is 5.86. The molecule has 2 heterocycles. The van der Waals surface area contributed by atoms with Crippen molar-refractivity contribution in [1.29, 1.82) is 0 Å². The minimum Gasteiger partial charge on any atom is -0.451 e. The largest absolute Gasteiger partial charge is 0.451 e. The topological polar surface area (TPSA) is 88.6 Å². The van der Waals surface area contributed by atoms with Crippen molar-refractivity contribution in [3.63, 3.8) is 0 Å². The van der Waals surface area contributed by atoms with Gasteiger partial charge in [0.25, 0.3) is 5.91 Å². The molecule has 0 saturated carbocycles. The third-order valence-electron chi connectivity index (χ3n) is 3.69. The number of nitrogens with zero attached hydrogens (tertiary/aromatic N) is 2.